The number of allylic oxidation sites excluding steroid dienone is 4. The van der Waals surface area contributed by atoms with Crippen molar-refractivity contribution >= 4 is 17.7 Å². The Morgan fingerprint density at radius 3 is 2.42 bits per heavy atom. The highest BCUT2D eigenvalue weighted by Crippen LogP contribution is 2.28. The molecule has 9 nitrogen and oxygen atoms in total. The number of aliphatic hydroxyl groups excluding tert-OH is 1. The van der Waals surface area contributed by atoms with Crippen molar-refractivity contribution in [2.45, 2.75) is 109 Å². The van der Waals surface area contributed by atoms with Gasteiger partial charge >= 0.3 is 0 Å². The molecule has 45 heavy (non-hydrogen) atoms. The maximum absolute atomic E-state index is 13.6. The van der Waals surface area contributed by atoms with Crippen LogP contribution in [-0.4, -0.2) is 96.8 Å². The smallest absolute Gasteiger partial charge is 0.243 e. The molecule has 2 aliphatic rings. The number of likely N-dealkylation sites (N-methyl/N-ethyl adjacent to an activating group) is 2. The van der Waals surface area contributed by atoms with Gasteiger partial charge in [0.25, 0.3) is 0 Å². The molecule has 0 aromatic carbocycles. The van der Waals surface area contributed by atoms with Crippen LogP contribution in [0.4, 0.5) is 0 Å². The summed E-state index contributed by atoms with van der Waals surface area (Å²) in [5, 5.41) is 16.4. The Kier molecular flexibility index (Phi) is 17.6. The third-order valence-electron chi connectivity index (χ3n) is 9.04. The number of amides is 3. The number of rotatable bonds is 19. The molecule has 3 amide bonds. The molecule has 0 aliphatic heterocycles. The molecule has 1 fully saturated rings. The lowest BCUT2D eigenvalue weighted by Gasteiger charge is -2.33. The molecule has 0 aromatic rings. The minimum absolute atomic E-state index is 0.0154. The molecule has 0 spiro atoms. The number of terminal acetylenes is 2. The van der Waals surface area contributed by atoms with Gasteiger partial charge in [0, 0.05) is 45.9 Å². The Labute approximate surface area is 271 Å². The summed E-state index contributed by atoms with van der Waals surface area (Å²) in [4.78, 5) is 44.0. The highest BCUT2D eigenvalue weighted by atomic mass is 16.5. The van der Waals surface area contributed by atoms with Gasteiger partial charge in [0.2, 0.25) is 17.7 Å². The molecule has 2 rings (SSSR count). The molecule has 0 bridgehead atoms. The monoisotopic (exact) mass is 624 g/mol. The zero-order valence-electron chi connectivity index (χ0n) is 27.9. The summed E-state index contributed by atoms with van der Waals surface area (Å²) < 4.78 is 6.22. The fourth-order valence-corrected chi connectivity index (χ4v) is 5.90. The van der Waals surface area contributed by atoms with Gasteiger partial charge in [0.15, 0.2) is 0 Å². The predicted molar refractivity (Wildman–Crippen MR) is 179 cm³/mol. The second-order valence-electron chi connectivity index (χ2n) is 12.4. The average Bonchev–Trinajstić information content (AvgIpc) is 3.04. The van der Waals surface area contributed by atoms with Crippen LogP contribution in [0.3, 0.4) is 0 Å². The molecule has 3 unspecified atom stereocenters. The number of carbonyl (C=O) groups excluding carboxylic acids is 3. The predicted octanol–water partition coefficient (Wildman–Crippen LogP) is 3.43. The van der Waals surface area contributed by atoms with Crippen LogP contribution in [0.2, 0.25) is 0 Å². The second-order valence-corrected chi connectivity index (χ2v) is 12.4. The number of aliphatic hydroxyl groups is 1. The maximum atomic E-state index is 13.6. The van der Waals surface area contributed by atoms with Crippen molar-refractivity contribution in [3.05, 3.63) is 23.8 Å². The van der Waals surface area contributed by atoms with Crippen LogP contribution >= 0.6 is 0 Å². The Hall–Kier alpha value is -3.11. The Morgan fingerprint density at radius 1 is 1.09 bits per heavy atom. The average molecular weight is 625 g/mol. The summed E-state index contributed by atoms with van der Waals surface area (Å²) in [7, 11) is 1.76. The van der Waals surface area contributed by atoms with Gasteiger partial charge in [-0.3, -0.25) is 14.4 Å². The van der Waals surface area contributed by atoms with Crippen molar-refractivity contribution in [2.24, 2.45) is 11.8 Å². The number of ether oxygens (including phenoxy) is 1. The lowest BCUT2D eigenvalue weighted by molar-refractivity contribution is -0.136. The van der Waals surface area contributed by atoms with Crippen LogP contribution in [0.25, 0.3) is 0 Å². The number of hydrogen-bond donors (Lipinski definition) is 3. The van der Waals surface area contributed by atoms with Crippen molar-refractivity contribution in [1.29, 1.82) is 0 Å². The van der Waals surface area contributed by atoms with E-state index in [0.29, 0.717) is 18.9 Å². The van der Waals surface area contributed by atoms with Crippen LogP contribution in [0, 0.1) is 36.5 Å². The normalized spacial score (nSPS) is 20.6. The molecule has 0 radical (unpaired) electrons. The van der Waals surface area contributed by atoms with Crippen molar-refractivity contribution in [3.63, 3.8) is 0 Å². The van der Waals surface area contributed by atoms with Crippen LogP contribution in [-0.2, 0) is 19.1 Å². The number of nitrogens with one attached hydrogen (secondary N) is 2. The number of hydrogen-bond acceptors (Lipinski definition) is 6. The van der Waals surface area contributed by atoms with Gasteiger partial charge < -0.3 is 30.3 Å². The zero-order valence-corrected chi connectivity index (χ0v) is 27.9. The van der Waals surface area contributed by atoms with Crippen LogP contribution < -0.4 is 10.6 Å². The van der Waals surface area contributed by atoms with E-state index in [4.69, 9.17) is 17.6 Å². The molecule has 0 heterocycles. The van der Waals surface area contributed by atoms with E-state index in [0.717, 1.165) is 57.3 Å². The molecular weight excluding hydrogens is 568 g/mol. The van der Waals surface area contributed by atoms with Crippen LogP contribution in [0.15, 0.2) is 23.8 Å². The first-order chi connectivity index (χ1) is 21.6. The summed E-state index contributed by atoms with van der Waals surface area (Å²) in [5.41, 5.74) is 1.09. The first kappa shape index (κ1) is 38.1. The topological polar surface area (TPSA) is 111 Å². The Morgan fingerprint density at radius 2 is 1.80 bits per heavy atom. The van der Waals surface area contributed by atoms with Gasteiger partial charge in [0.05, 0.1) is 24.2 Å². The molecule has 6 atom stereocenters. The van der Waals surface area contributed by atoms with E-state index < -0.39 is 36.0 Å². The molecule has 2 aliphatic carbocycles. The lowest BCUT2D eigenvalue weighted by atomic mass is 9.87. The van der Waals surface area contributed by atoms with Crippen LogP contribution in [0.1, 0.15) is 85.0 Å². The largest absolute Gasteiger partial charge is 0.389 e. The van der Waals surface area contributed by atoms with E-state index in [1.165, 1.54) is 6.42 Å². The van der Waals surface area contributed by atoms with Gasteiger partial charge in [-0.2, -0.15) is 0 Å². The van der Waals surface area contributed by atoms with Gasteiger partial charge in [0.1, 0.15) is 6.04 Å². The third kappa shape index (κ3) is 13.4. The fourth-order valence-electron chi connectivity index (χ4n) is 5.90. The van der Waals surface area contributed by atoms with Gasteiger partial charge in [-0.1, -0.05) is 57.4 Å². The quantitative estimate of drug-likeness (QED) is 0.190. The standard InChI is InChI=1S/C36H56N4O5/c1-7-16-30(36(44)37-26-31(41)33(17-8-2)45-32-21-15-14-18-27(32)5)38-35(43)29(24-28-19-12-11-13-20-28)25-34(42)39(6)22-23-40(9-3)10-4/h1-2,11-12,19,27,29-33,41H,9-10,13-18,20-26H2,3-6H3,(H,37,44)(H,38,43)/t27?,29?,30-,31+,32?,33-/m0/s1. The summed E-state index contributed by atoms with van der Waals surface area (Å²) in [5.74, 6) is 3.74. The maximum Gasteiger partial charge on any atom is 0.243 e. The van der Waals surface area contributed by atoms with E-state index in [1.54, 1.807) is 11.9 Å². The summed E-state index contributed by atoms with van der Waals surface area (Å²) >= 11 is 0. The van der Waals surface area contributed by atoms with Gasteiger partial charge in [-0.25, -0.2) is 0 Å². The molecule has 1 saturated carbocycles. The van der Waals surface area contributed by atoms with Gasteiger partial charge in [-0.05, 0) is 51.1 Å². The molecular formula is C36H56N4O5. The Balaban J connectivity index is 2.06. The van der Waals surface area contributed by atoms with E-state index >= 15 is 0 Å². The molecule has 0 saturated heterocycles. The number of nitrogens with zero attached hydrogens (tertiary/aromatic N) is 2. The van der Waals surface area contributed by atoms with E-state index in [1.807, 2.05) is 12.2 Å². The molecule has 250 valence electrons. The highest BCUT2D eigenvalue weighted by molar-refractivity contribution is 5.91. The minimum atomic E-state index is -1.02. The Bertz CT molecular complexity index is 1090. The van der Waals surface area contributed by atoms with Crippen molar-refractivity contribution in [1.82, 2.24) is 20.4 Å². The first-order valence-corrected chi connectivity index (χ1v) is 16.7. The van der Waals surface area contributed by atoms with E-state index in [2.05, 4.69) is 54.2 Å². The summed E-state index contributed by atoms with van der Waals surface area (Å²) in [6, 6.07) is -1.02. The van der Waals surface area contributed by atoms with Gasteiger partial charge in [-0.15, -0.1) is 24.7 Å². The van der Waals surface area contributed by atoms with Crippen molar-refractivity contribution < 1.29 is 24.2 Å². The minimum Gasteiger partial charge on any atom is -0.389 e. The second kappa shape index (κ2) is 20.8. The SMILES string of the molecule is C#CC[C@H](NC(=O)C(CC(=O)N(C)CCN(CC)CC)CC1=CC=CCC1)C(=O)NC[C@@H](O)[C@H](CC#C)OC1CCCCC1C. The zero-order chi connectivity index (χ0) is 33.2. The van der Waals surface area contributed by atoms with Crippen molar-refractivity contribution in [3.8, 4) is 24.7 Å². The van der Waals surface area contributed by atoms with Crippen LogP contribution in [0.5, 0.6) is 0 Å². The highest BCUT2D eigenvalue weighted by Gasteiger charge is 2.31. The summed E-state index contributed by atoms with van der Waals surface area (Å²) in [6.45, 7) is 9.34. The molecule has 9 heteroatoms. The van der Waals surface area contributed by atoms with E-state index in [9.17, 15) is 19.5 Å². The fraction of sp³-hybridized carbons (Fsp3) is 0.694. The van der Waals surface area contributed by atoms with E-state index in [-0.39, 0.29) is 37.8 Å². The lowest BCUT2D eigenvalue weighted by Crippen LogP contribution is -2.51. The first-order valence-electron chi connectivity index (χ1n) is 16.7. The molecule has 0 aromatic heterocycles. The molecule has 3 N–H and O–H groups in total. The van der Waals surface area contributed by atoms with Crippen molar-refractivity contribution in [2.75, 3.05) is 39.8 Å². The third-order valence-corrected chi connectivity index (χ3v) is 9.04. The number of carbonyl (C=O) groups is 3. The summed E-state index contributed by atoms with van der Waals surface area (Å²) in [6.07, 6.45) is 22.1.